The molecule has 30 heavy (non-hydrogen) atoms. The zero-order valence-electron chi connectivity index (χ0n) is 17.3. The zero-order chi connectivity index (χ0) is 20.9. The van der Waals surface area contributed by atoms with Crippen molar-refractivity contribution in [2.24, 2.45) is 0 Å². The summed E-state index contributed by atoms with van der Waals surface area (Å²) in [5.74, 6) is 2.51. The van der Waals surface area contributed by atoms with Crippen LogP contribution in [0.5, 0.6) is 5.75 Å². The van der Waals surface area contributed by atoms with E-state index in [0.717, 1.165) is 48.5 Å². The number of ketones is 1. The fourth-order valence-electron chi connectivity index (χ4n) is 3.61. The monoisotopic (exact) mass is 426 g/mol. The molecular formula is C22H26N4O3S. The van der Waals surface area contributed by atoms with Crippen LogP contribution >= 0.6 is 11.8 Å². The van der Waals surface area contributed by atoms with Gasteiger partial charge in [0.05, 0.1) is 25.2 Å². The van der Waals surface area contributed by atoms with Gasteiger partial charge in [0.15, 0.2) is 10.9 Å². The molecular weight excluding hydrogens is 400 g/mol. The summed E-state index contributed by atoms with van der Waals surface area (Å²) >= 11 is 1.47. The summed E-state index contributed by atoms with van der Waals surface area (Å²) in [6.07, 6.45) is 4.68. The van der Waals surface area contributed by atoms with E-state index in [1.807, 2.05) is 43.3 Å². The first-order chi connectivity index (χ1) is 14.7. The summed E-state index contributed by atoms with van der Waals surface area (Å²) in [4.78, 5) is 15.4. The molecule has 0 radical (unpaired) electrons. The van der Waals surface area contributed by atoms with Gasteiger partial charge in [0.1, 0.15) is 11.5 Å². The van der Waals surface area contributed by atoms with Crippen LogP contribution < -0.4 is 9.64 Å². The van der Waals surface area contributed by atoms with Crippen LogP contribution in [0.3, 0.4) is 0 Å². The van der Waals surface area contributed by atoms with E-state index in [1.165, 1.54) is 11.8 Å². The number of ether oxygens (including phenoxy) is 1. The van der Waals surface area contributed by atoms with Crippen molar-refractivity contribution in [3.05, 3.63) is 54.0 Å². The van der Waals surface area contributed by atoms with Crippen LogP contribution in [0, 0.1) is 0 Å². The van der Waals surface area contributed by atoms with Crippen molar-refractivity contribution < 1.29 is 13.9 Å². The number of hydrogen-bond donors (Lipinski definition) is 0. The van der Waals surface area contributed by atoms with E-state index in [0.29, 0.717) is 18.5 Å². The minimum Gasteiger partial charge on any atom is -0.497 e. The number of rotatable bonds is 9. The lowest BCUT2D eigenvalue weighted by molar-refractivity contribution is 0.0988. The highest BCUT2D eigenvalue weighted by atomic mass is 32.2. The molecule has 1 fully saturated rings. The first-order valence-corrected chi connectivity index (χ1v) is 11.1. The van der Waals surface area contributed by atoms with Crippen LogP contribution in [0.4, 0.5) is 5.95 Å². The van der Waals surface area contributed by atoms with Crippen LogP contribution in [-0.4, -0.2) is 46.0 Å². The second-order valence-electron chi connectivity index (χ2n) is 7.25. The van der Waals surface area contributed by atoms with Gasteiger partial charge in [-0.3, -0.25) is 9.36 Å². The number of hydrogen-bond acceptors (Lipinski definition) is 7. The number of Topliss-reactive ketones (excluding diaryl/α,β-unsaturated/α-hetero) is 1. The molecule has 1 aromatic carbocycles. The molecule has 0 amide bonds. The smallest absolute Gasteiger partial charge is 0.228 e. The molecule has 0 saturated carbocycles. The molecule has 1 aliphatic rings. The molecule has 4 rings (SSSR count). The normalized spacial score (nSPS) is 14.8. The molecule has 0 aliphatic carbocycles. The van der Waals surface area contributed by atoms with Crippen molar-refractivity contribution in [2.45, 2.75) is 43.1 Å². The Kier molecular flexibility index (Phi) is 6.42. The quantitative estimate of drug-likeness (QED) is 0.373. The second kappa shape index (κ2) is 9.38. The van der Waals surface area contributed by atoms with E-state index in [9.17, 15) is 4.79 Å². The van der Waals surface area contributed by atoms with Crippen molar-refractivity contribution in [2.75, 3.05) is 25.1 Å². The molecule has 7 nitrogen and oxygen atoms in total. The summed E-state index contributed by atoms with van der Waals surface area (Å²) in [5.41, 5.74) is 0.673. The van der Waals surface area contributed by atoms with E-state index in [1.54, 1.807) is 13.4 Å². The molecule has 1 aliphatic heterocycles. The molecule has 0 N–H and O–H groups in total. The van der Waals surface area contributed by atoms with Gasteiger partial charge in [-0.15, -0.1) is 10.2 Å². The standard InChI is InChI=1S/C22H26N4O3S/c1-3-19(20(27)16-8-10-17(28-2)11-9-16)30-22-24-23-21(25-12-4-5-13-25)26(22)15-18-7-6-14-29-18/h6-11,14,19H,3-5,12-13,15H2,1-2H3. The van der Waals surface area contributed by atoms with Gasteiger partial charge in [0.25, 0.3) is 0 Å². The minimum absolute atomic E-state index is 0.0837. The number of carbonyl (C=O) groups is 1. The van der Waals surface area contributed by atoms with Gasteiger partial charge in [-0.2, -0.15) is 0 Å². The number of methoxy groups -OCH3 is 1. The van der Waals surface area contributed by atoms with Gasteiger partial charge in [-0.1, -0.05) is 18.7 Å². The predicted molar refractivity (Wildman–Crippen MR) is 117 cm³/mol. The van der Waals surface area contributed by atoms with Gasteiger partial charge >= 0.3 is 0 Å². The Balaban J connectivity index is 1.59. The summed E-state index contributed by atoms with van der Waals surface area (Å²) in [7, 11) is 1.62. The topological polar surface area (TPSA) is 73.4 Å². The van der Waals surface area contributed by atoms with Crippen molar-refractivity contribution in [3.63, 3.8) is 0 Å². The Morgan fingerprint density at radius 3 is 2.60 bits per heavy atom. The van der Waals surface area contributed by atoms with Crippen molar-refractivity contribution in [3.8, 4) is 5.75 Å². The third kappa shape index (κ3) is 4.38. The SMILES string of the molecule is CCC(Sc1nnc(N2CCCC2)n1Cc1ccco1)C(=O)c1ccc(OC)cc1. The largest absolute Gasteiger partial charge is 0.497 e. The first-order valence-electron chi connectivity index (χ1n) is 10.2. The molecule has 2 aromatic heterocycles. The fourth-order valence-corrected chi connectivity index (χ4v) is 4.63. The molecule has 1 atom stereocenters. The summed E-state index contributed by atoms with van der Waals surface area (Å²) in [5, 5.41) is 9.41. The lowest BCUT2D eigenvalue weighted by Crippen LogP contribution is -2.23. The molecule has 0 spiro atoms. The van der Waals surface area contributed by atoms with Gasteiger partial charge < -0.3 is 14.1 Å². The first kappa shape index (κ1) is 20.5. The van der Waals surface area contributed by atoms with Crippen LogP contribution in [-0.2, 0) is 6.54 Å². The molecule has 158 valence electrons. The third-order valence-electron chi connectivity index (χ3n) is 5.27. The van der Waals surface area contributed by atoms with E-state index in [-0.39, 0.29) is 11.0 Å². The number of anilines is 1. The van der Waals surface area contributed by atoms with E-state index < -0.39 is 0 Å². The molecule has 0 bridgehead atoms. The Labute approximate surface area is 180 Å². The third-order valence-corrected chi connectivity index (χ3v) is 6.61. The molecule has 1 saturated heterocycles. The van der Waals surface area contributed by atoms with Gasteiger partial charge in [-0.25, -0.2) is 0 Å². The van der Waals surface area contributed by atoms with Crippen LogP contribution in [0.1, 0.15) is 42.3 Å². The Bertz CT molecular complexity index is 963. The van der Waals surface area contributed by atoms with Crippen LogP contribution in [0.15, 0.2) is 52.2 Å². The molecule has 8 heteroatoms. The number of thioether (sulfide) groups is 1. The minimum atomic E-state index is -0.246. The average molecular weight is 427 g/mol. The van der Waals surface area contributed by atoms with E-state index in [4.69, 9.17) is 9.15 Å². The number of benzene rings is 1. The van der Waals surface area contributed by atoms with Gasteiger partial charge in [0.2, 0.25) is 5.95 Å². The van der Waals surface area contributed by atoms with Crippen molar-refractivity contribution in [1.82, 2.24) is 14.8 Å². The maximum absolute atomic E-state index is 13.1. The lowest BCUT2D eigenvalue weighted by atomic mass is 10.1. The number of aromatic nitrogens is 3. The molecule has 3 aromatic rings. The molecule has 1 unspecified atom stereocenters. The van der Waals surface area contributed by atoms with Crippen molar-refractivity contribution in [1.29, 1.82) is 0 Å². The van der Waals surface area contributed by atoms with Crippen LogP contribution in [0.2, 0.25) is 0 Å². The summed E-state index contributed by atoms with van der Waals surface area (Å²) in [6, 6.07) is 11.1. The van der Waals surface area contributed by atoms with Crippen LogP contribution in [0.25, 0.3) is 0 Å². The second-order valence-corrected chi connectivity index (χ2v) is 8.42. The van der Waals surface area contributed by atoms with Gasteiger partial charge in [0, 0.05) is 18.7 Å². The maximum Gasteiger partial charge on any atom is 0.228 e. The Morgan fingerprint density at radius 1 is 1.20 bits per heavy atom. The highest BCUT2D eigenvalue weighted by molar-refractivity contribution is 8.00. The predicted octanol–water partition coefficient (Wildman–Crippen LogP) is 4.28. The number of carbonyl (C=O) groups excluding carboxylic acids is 1. The Hall–Kier alpha value is -2.74. The van der Waals surface area contributed by atoms with E-state index in [2.05, 4.69) is 19.7 Å². The maximum atomic E-state index is 13.1. The average Bonchev–Trinajstić information content (AvgIpc) is 3.55. The zero-order valence-corrected chi connectivity index (χ0v) is 18.1. The summed E-state index contributed by atoms with van der Waals surface area (Å²) in [6.45, 7) is 4.51. The highest BCUT2D eigenvalue weighted by Gasteiger charge is 2.26. The van der Waals surface area contributed by atoms with Crippen molar-refractivity contribution >= 4 is 23.5 Å². The fraction of sp³-hybridized carbons (Fsp3) is 0.409. The number of furan rings is 1. The molecule has 3 heterocycles. The van der Waals surface area contributed by atoms with E-state index >= 15 is 0 Å². The summed E-state index contributed by atoms with van der Waals surface area (Å²) < 4.78 is 12.8. The van der Waals surface area contributed by atoms with Gasteiger partial charge in [-0.05, 0) is 55.7 Å². The lowest BCUT2D eigenvalue weighted by Gasteiger charge is -2.19. The Morgan fingerprint density at radius 2 is 1.97 bits per heavy atom. The number of nitrogens with zero attached hydrogens (tertiary/aromatic N) is 4. The highest BCUT2D eigenvalue weighted by Crippen LogP contribution is 2.31.